The first kappa shape index (κ1) is 27.4. The van der Waals surface area contributed by atoms with Crippen molar-refractivity contribution >= 4 is 44.4 Å². The maximum Gasteiger partial charge on any atom is 0.324 e. The normalized spacial score (nSPS) is 17.1. The summed E-state index contributed by atoms with van der Waals surface area (Å²) >= 11 is 0. The number of hydrogen-bond acceptors (Lipinski definition) is 5. The number of urea groups is 1. The molecule has 4 aromatic rings. The van der Waals surface area contributed by atoms with Crippen LogP contribution in [-0.2, 0) is 27.0 Å². The van der Waals surface area contributed by atoms with Crippen LogP contribution in [0, 0.1) is 6.92 Å². The molecule has 3 aromatic carbocycles. The Morgan fingerprint density at radius 2 is 1.75 bits per heavy atom. The minimum absolute atomic E-state index is 0.0135. The van der Waals surface area contributed by atoms with Crippen LogP contribution in [0.4, 0.5) is 16.3 Å². The fraction of sp³-hybridized carbons (Fsp3) is 0.276. The number of aryl methyl sites for hydroxylation is 1. The van der Waals surface area contributed by atoms with Crippen molar-refractivity contribution in [1.29, 1.82) is 0 Å². The van der Waals surface area contributed by atoms with Crippen LogP contribution in [0.15, 0.2) is 66.7 Å². The van der Waals surface area contributed by atoms with Crippen molar-refractivity contribution in [1.82, 2.24) is 18.8 Å². The summed E-state index contributed by atoms with van der Waals surface area (Å²) < 4.78 is 29.8. The van der Waals surface area contributed by atoms with Gasteiger partial charge < -0.3 is 5.32 Å². The number of carbonyl (C=O) groups excluding carboxylic acids is 2. The van der Waals surface area contributed by atoms with E-state index in [0.29, 0.717) is 22.8 Å². The highest BCUT2D eigenvalue weighted by Crippen LogP contribution is 2.29. The third-order valence-corrected chi connectivity index (χ3v) is 8.53. The quantitative estimate of drug-likeness (QED) is 0.322. The molecule has 3 amide bonds. The van der Waals surface area contributed by atoms with Crippen molar-refractivity contribution in [2.75, 3.05) is 10.6 Å². The molecule has 1 saturated heterocycles. The molecule has 0 bridgehead atoms. The molecule has 1 aliphatic rings. The van der Waals surface area contributed by atoms with Crippen molar-refractivity contribution in [3.63, 3.8) is 0 Å². The number of rotatable bonds is 5. The molecular formula is C29H32N6O4S. The summed E-state index contributed by atoms with van der Waals surface area (Å²) in [5, 5.41) is 12.6. The molecule has 1 fully saturated rings. The average molecular weight is 561 g/mol. The highest BCUT2D eigenvalue weighted by Gasteiger charge is 2.41. The zero-order valence-electron chi connectivity index (χ0n) is 23.0. The van der Waals surface area contributed by atoms with Gasteiger partial charge in [0.15, 0.2) is 0 Å². The molecule has 0 radical (unpaired) electrons. The summed E-state index contributed by atoms with van der Waals surface area (Å²) in [4.78, 5) is 25.2. The molecule has 0 saturated carbocycles. The van der Waals surface area contributed by atoms with Gasteiger partial charge in [-0.1, -0.05) is 63.2 Å². The first-order valence-electron chi connectivity index (χ1n) is 12.9. The van der Waals surface area contributed by atoms with Crippen molar-refractivity contribution in [2.24, 2.45) is 0 Å². The van der Waals surface area contributed by atoms with Crippen LogP contribution in [0.2, 0.25) is 0 Å². The summed E-state index contributed by atoms with van der Waals surface area (Å²) in [5.74, 6) is -0.101. The molecule has 10 nitrogen and oxygen atoms in total. The van der Waals surface area contributed by atoms with Gasteiger partial charge in [-0.15, -0.1) is 0 Å². The van der Waals surface area contributed by atoms with Crippen LogP contribution >= 0.6 is 0 Å². The van der Waals surface area contributed by atoms with Crippen LogP contribution < -0.4 is 15.4 Å². The lowest BCUT2D eigenvalue weighted by molar-refractivity contribution is -0.121. The van der Waals surface area contributed by atoms with Gasteiger partial charge in [-0.05, 0) is 48.6 Å². The lowest BCUT2D eigenvalue weighted by Crippen LogP contribution is -2.33. The van der Waals surface area contributed by atoms with Crippen LogP contribution in [0.5, 0.6) is 0 Å². The molecule has 3 N–H and O–H groups in total. The van der Waals surface area contributed by atoms with Gasteiger partial charge in [0.25, 0.3) is 5.91 Å². The van der Waals surface area contributed by atoms with E-state index < -0.39 is 28.2 Å². The smallest absolute Gasteiger partial charge is 0.307 e. The van der Waals surface area contributed by atoms with E-state index in [2.05, 4.69) is 10.6 Å². The number of hydrogen-bond donors (Lipinski definition) is 3. The largest absolute Gasteiger partial charge is 0.324 e. The van der Waals surface area contributed by atoms with Crippen molar-refractivity contribution in [3.8, 4) is 5.69 Å². The molecule has 1 atom stereocenters. The minimum atomic E-state index is -3.92. The van der Waals surface area contributed by atoms with Crippen LogP contribution in [0.1, 0.15) is 44.5 Å². The maximum atomic E-state index is 13.2. The number of aromatic nitrogens is 2. The zero-order valence-corrected chi connectivity index (χ0v) is 23.8. The Morgan fingerprint density at radius 1 is 1.02 bits per heavy atom. The third-order valence-electron chi connectivity index (χ3n) is 7.01. The Morgan fingerprint density at radius 3 is 2.45 bits per heavy atom. The van der Waals surface area contributed by atoms with Crippen LogP contribution in [0.25, 0.3) is 16.5 Å². The molecule has 1 aromatic heterocycles. The second-order valence-electron chi connectivity index (χ2n) is 11.0. The number of carbonyl (C=O) groups is 2. The maximum absolute atomic E-state index is 13.2. The van der Waals surface area contributed by atoms with E-state index in [4.69, 9.17) is 5.10 Å². The van der Waals surface area contributed by atoms with Crippen LogP contribution in [0.3, 0.4) is 0 Å². The summed E-state index contributed by atoms with van der Waals surface area (Å²) in [6.07, 6.45) is 0. The van der Waals surface area contributed by atoms with Gasteiger partial charge >= 0.3 is 16.2 Å². The van der Waals surface area contributed by atoms with Gasteiger partial charge in [0.2, 0.25) is 0 Å². The predicted molar refractivity (Wildman–Crippen MR) is 156 cm³/mol. The molecular weight excluding hydrogens is 528 g/mol. The lowest BCUT2D eigenvalue weighted by Gasteiger charge is -2.19. The van der Waals surface area contributed by atoms with Gasteiger partial charge in [-0.3, -0.25) is 10.1 Å². The minimum Gasteiger partial charge on any atom is -0.307 e. The van der Waals surface area contributed by atoms with Gasteiger partial charge in [0.1, 0.15) is 11.9 Å². The van der Waals surface area contributed by atoms with E-state index >= 15 is 0 Å². The van der Waals surface area contributed by atoms with E-state index in [1.807, 2.05) is 99.1 Å². The summed E-state index contributed by atoms with van der Waals surface area (Å²) in [7, 11) is -3.92. The second-order valence-corrected chi connectivity index (χ2v) is 12.6. The second kappa shape index (κ2) is 10.1. The summed E-state index contributed by atoms with van der Waals surface area (Å²) in [6.45, 7) is 9.54. The van der Waals surface area contributed by atoms with Crippen molar-refractivity contribution < 1.29 is 18.0 Å². The molecule has 40 heavy (non-hydrogen) atoms. The number of fused-ring (bicyclic) bond motifs is 1. The molecule has 0 aliphatic carbocycles. The Kier molecular flexibility index (Phi) is 6.89. The number of nitrogens with one attached hydrogen (secondary N) is 3. The zero-order chi connectivity index (χ0) is 28.8. The van der Waals surface area contributed by atoms with Crippen molar-refractivity contribution in [3.05, 3.63) is 83.6 Å². The fourth-order valence-corrected chi connectivity index (χ4v) is 5.96. The lowest BCUT2D eigenvalue weighted by atomic mass is 9.92. The monoisotopic (exact) mass is 560 g/mol. The van der Waals surface area contributed by atoms with Crippen LogP contribution in [-0.4, -0.2) is 40.5 Å². The van der Waals surface area contributed by atoms with E-state index in [0.717, 1.165) is 26.3 Å². The van der Waals surface area contributed by atoms with Gasteiger partial charge in [0.05, 0.1) is 17.1 Å². The third kappa shape index (κ3) is 5.30. The topological polar surface area (TPSA) is 125 Å². The average Bonchev–Trinajstić information content (AvgIpc) is 3.39. The number of amides is 3. The number of nitrogens with zero attached hydrogens (tertiary/aromatic N) is 3. The molecule has 5 rings (SSSR count). The first-order valence-corrected chi connectivity index (χ1v) is 14.4. The van der Waals surface area contributed by atoms with Gasteiger partial charge in [0, 0.05) is 23.4 Å². The fourth-order valence-electron chi connectivity index (χ4n) is 4.60. The predicted octanol–water partition coefficient (Wildman–Crippen LogP) is 4.84. The Hall–Kier alpha value is -4.22. The first-order chi connectivity index (χ1) is 18.8. The molecule has 0 spiro atoms. The molecule has 1 aliphatic heterocycles. The molecule has 2 heterocycles. The van der Waals surface area contributed by atoms with Gasteiger partial charge in [-0.2, -0.15) is 17.8 Å². The van der Waals surface area contributed by atoms with E-state index in [1.165, 1.54) is 0 Å². The van der Waals surface area contributed by atoms with Crippen molar-refractivity contribution in [2.45, 2.75) is 52.6 Å². The highest BCUT2D eigenvalue weighted by atomic mass is 32.2. The Labute approximate surface area is 233 Å². The molecule has 11 heteroatoms. The summed E-state index contributed by atoms with van der Waals surface area (Å²) in [5.41, 5.74) is 3.35. The highest BCUT2D eigenvalue weighted by molar-refractivity contribution is 7.88. The Bertz CT molecular complexity index is 1730. The molecule has 0 unspecified atom stereocenters. The SMILES string of the molecule is Cc1ccc(-n2nc(C(C)(C)C)cc2NC(=O)Nc2cccc3ccccc23)cc1CN1[C@H](C)C(=O)NS1(=O)=O. The Balaban J connectivity index is 1.48. The standard InChI is InChI=1S/C29H32N6O4S/c1-18-13-14-22(15-21(18)17-34-19(2)27(36)33-40(34,38)39)35-26(16-25(32-35)29(3,4)5)31-28(37)30-24-12-8-10-20-9-6-7-11-23(20)24/h6-16,19H,17H2,1-5H3,(H,33,36)(H2,30,31,37)/t19-/m1/s1. The van der Waals surface area contributed by atoms with Gasteiger partial charge in [-0.25, -0.2) is 14.2 Å². The van der Waals surface area contributed by atoms with E-state index in [-0.39, 0.29) is 12.0 Å². The number of anilines is 2. The van der Waals surface area contributed by atoms with E-state index in [9.17, 15) is 18.0 Å². The molecule has 208 valence electrons. The summed E-state index contributed by atoms with van der Waals surface area (Å²) in [6, 6.07) is 19.7. The van der Waals surface area contributed by atoms with E-state index in [1.54, 1.807) is 11.6 Å². The number of benzene rings is 3.